The summed E-state index contributed by atoms with van der Waals surface area (Å²) in [4.78, 5) is 2.40. The normalized spacial score (nSPS) is 26.7. The maximum Gasteiger partial charge on any atom is 0.0653 e. The van der Waals surface area contributed by atoms with E-state index in [2.05, 4.69) is 49.3 Å². The highest BCUT2D eigenvalue weighted by atomic mass is 16.5. The smallest absolute Gasteiger partial charge is 0.0653 e. The largest absolute Gasteiger partial charge is 0.377 e. The van der Waals surface area contributed by atoms with E-state index in [0.717, 1.165) is 31.6 Å². The average molecular weight is 285 g/mol. The zero-order chi connectivity index (χ0) is 14.7. The molecular formula is C19H27NO. The molecule has 2 atom stereocenters. The van der Waals surface area contributed by atoms with Crippen molar-refractivity contribution in [1.82, 2.24) is 4.90 Å². The van der Waals surface area contributed by atoms with Gasteiger partial charge in [-0.05, 0) is 62.4 Å². The van der Waals surface area contributed by atoms with E-state index >= 15 is 0 Å². The SMILES string of the molecule is CN(C)C1CCCC(c2cccc(C3=CCOCC3)c2)C1. The molecule has 2 heteroatoms. The molecule has 1 aromatic carbocycles. The lowest BCUT2D eigenvalue weighted by Gasteiger charge is -2.33. The molecule has 0 aromatic heterocycles. The van der Waals surface area contributed by atoms with Crippen LogP contribution in [0.15, 0.2) is 30.3 Å². The number of hydrogen-bond donors (Lipinski definition) is 0. The number of rotatable bonds is 3. The molecule has 1 heterocycles. The van der Waals surface area contributed by atoms with Crippen molar-refractivity contribution in [1.29, 1.82) is 0 Å². The van der Waals surface area contributed by atoms with E-state index in [-0.39, 0.29) is 0 Å². The molecule has 0 radical (unpaired) electrons. The van der Waals surface area contributed by atoms with Gasteiger partial charge in [0.15, 0.2) is 0 Å². The Morgan fingerprint density at radius 1 is 1.19 bits per heavy atom. The minimum Gasteiger partial charge on any atom is -0.377 e. The Labute approximate surface area is 128 Å². The van der Waals surface area contributed by atoms with Crippen molar-refractivity contribution in [3.63, 3.8) is 0 Å². The molecule has 2 unspecified atom stereocenters. The van der Waals surface area contributed by atoms with Crippen LogP contribution in [0, 0.1) is 0 Å². The number of nitrogens with zero attached hydrogens (tertiary/aromatic N) is 1. The molecule has 0 spiro atoms. The fourth-order valence-corrected chi connectivity index (χ4v) is 3.72. The standard InChI is InChI=1S/C19H27NO/c1-20(2)19-8-4-7-18(14-19)17-6-3-5-16(13-17)15-9-11-21-12-10-15/h3,5-6,9,13,18-19H,4,7-8,10-12,14H2,1-2H3. The van der Waals surface area contributed by atoms with Gasteiger partial charge in [-0.25, -0.2) is 0 Å². The van der Waals surface area contributed by atoms with Gasteiger partial charge in [-0.3, -0.25) is 0 Å². The predicted octanol–water partition coefficient (Wildman–Crippen LogP) is 4.08. The lowest BCUT2D eigenvalue weighted by Crippen LogP contribution is -2.32. The molecule has 1 aliphatic carbocycles. The van der Waals surface area contributed by atoms with Crippen LogP contribution in [0.2, 0.25) is 0 Å². The molecule has 114 valence electrons. The van der Waals surface area contributed by atoms with Crippen LogP contribution in [0.1, 0.15) is 49.1 Å². The van der Waals surface area contributed by atoms with Crippen molar-refractivity contribution in [2.45, 2.75) is 44.1 Å². The second kappa shape index (κ2) is 6.76. The maximum atomic E-state index is 5.43. The van der Waals surface area contributed by atoms with Crippen LogP contribution < -0.4 is 0 Å². The molecular weight excluding hydrogens is 258 g/mol. The first kappa shape index (κ1) is 14.8. The van der Waals surface area contributed by atoms with Gasteiger partial charge in [0.1, 0.15) is 0 Å². The molecule has 0 saturated heterocycles. The van der Waals surface area contributed by atoms with Crippen molar-refractivity contribution >= 4 is 5.57 Å². The van der Waals surface area contributed by atoms with E-state index in [1.807, 2.05) is 0 Å². The summed E-state index contributed by atoms with van der Waals surface area (Å²) in [6.07, 6.45) is 8.65. The monoisotopic (exact) mass is 285 g/mol. The number of ether oxygens (including phenoxy) is 1. The van der Waals surface area contributed by atoms with Crippen LogP contribution in [-0.2, 0) is 4.74 Å². The van der Waals surface area contributed by atoms with Gasteiger partial charge in [0.2, 0.25) is 0 Å². The van der Waals surface area contributed by atoms with Crippen molar-refractivity contribution in [3.8, 4) is 0 Å². The fourth-order valence-electron chi connectivity index (χ4n) is 3.72. The summed E-state index contributed by atoms with van der Waals surface area (Å²) < 4.78 is 5.43. The Hall–Kier alpha value is -1.12. The molecule has 1 fully saturated rings. The van der Waals surface area contributed by atoms with Crippen molar-refractivity contribution in [2.24, 2.45) is 0 Å². The lowest BCUT2D eigenvalue weighted by atomic mass is 9.80. The average Bonchev–Trinajstić information content (AvgIpc) is 2.56. The first-order valence-electron chi connectivity index (χ1n) is 8.27. The summed E-state index contributed by atoms with van der Waals surface area (Å²) in [6.45, 7) is 1.63. The first-order valence-corrected chi connectivity index (χ1v) is 8.27. The summed E-state index contributed by atoms with van der Waals surface area (Å²) in [7, 11) is 4.44. The van der Waals surface area contributed by atoms with Crippen molar-refractivity contribution in [2.75, 3.05) is 27.3 Å². The van der Waals surface area contributed by atoms with Gasteiger partial charge in [0, 0.05) is 6.04 Å². The van der Waals surface area contributed by atoms with E-state index in [0.29, 0.717) is 0 Å². The van der Waals surface area contributed by atoms with Gasteiger partial charge in [-0.15, -0.1) is 0 Å². The Kier molecular flexibility index (Phi) is 4.77. The van der Waals surface area contributed by atoms with Crippen LogP contribution in [0.4, 0.5) is 0 Å². The molecule has 0 bridgehead atoms. The lowest BCUT2D eigenvalue weighted by molar-refractivity contribution is 0.161. The Bertz CT molecular complexity index is 506. The van der Waals surface area contributed by atoms with Crippen LogP contribution in [0.25, 0.3) is 5.57 Å². The highest BCUT2D eigenvalue weighted by Gasteiger charge is 2.24. The third kappa shape index (κ3) is 3.56. The zero-order valence-corrected chi connectivity index (χ0v) is 13.3. The molecule has 2 nitrogen and oxygen atoms in total. The first-order chi connectivity index (χ1) is 10.2. The highest BCUT2D eigenvalue weighted by Crippen LogP contribution is 2.35. The summed E-state index contributed by atoms with van der Waals surface area (Å²) >= 11 is 0. The summed E-state index contributed by atoms with van der Waals surface area (Å²) in [5.74, 6) is 0.728. The second-order valence-electron chi connectivity index (χ2n) is 6.66. The van der Waals surface area contributed by atoms with E-state index in [9.17, 15) is 0 Å². The molecule has 0 N–H and O–H groups in total. The third-order valence-corrected chi connectivity index (χ3v) is 5.07. The second-order valence-corrected chi connectivity index (χ2v) is 6.66. The van der Waals surface area contributed by atoms with Gasteiger partial charge in [0.05, 0.1) is 13.2 Å². The quantitative estimate of drug-likeness (QED) is 0.830. The van der Waals surface area contributed by atoms with Crippen molar-refractivity contribution < 1.29 is 4.74 Å². The summed E-state index contributed by atoms with van der Waals surface area (Å²) in [5.41, 5.74) is 4.40. The van der Waals surface area contributed by atoms with Crippen LogP contribution >= 0.6 is 0 Å². The Balaban J connectivity index is 1.77. The van der Waals surface area contributed by atoms with Gasteiger partial charge in [-0.1, -0.05) is 36.8 Å². The van der Waals surface area contributed by atoms with E-state index < -0.39 is 0 Å². The summed E-state index contributed by atoms with van der Waals surface area (Å²) in [5, 5.41) is 0. The minimum absolute atomic E-state index is 0.728. The van der Waals surface area contributed by atoms with Crippen molar-refractivity contribution in [3.05, 3.63) is 41.5 Å². The number of benzene rings is 1. The van der Waals surface area contributed by atoms with E-state index in [1.165, 1.54) is 42.4 Å². The predicted molar refractivity (Wildman–Crippen MR) is 88.5 cm³/mol. The molecule has 1 aromatic rings. The molecule has 1 saturated carbocycles. The Morgan fingerprint density at radius 2 is 2.10 bits per heavy atom. The molecule has 21 heavy (non-hydrogen) atoms. The van der Waals surface area contributed by atoms with Gasteiger partial charge < -0.3 is 9.64 Å². The maximum absolute atomic E-state index is 5.43. The number of hydrogen-bond acceptors (Lipinski definition) is 2. The van der Waals surface area contributed by atoms with Gasteiger partial charge in [0.25, 0.3) is 0 Å². The highest BCUT2D eigenvalue weighted by molar-refractivity contribution is 5.66. The minimum atomic E-state index is 0.728. The van der Waals surface area contributed by atoms with Crippen LogP contribution in [0.3, 0.4) is 0 Å². The van der Waals surface area contributed by atoms with E-state index in [1.54, 1.807) is 0 Å². The molecule has 1 aliphatic heterocycles. The zero-order valence-electron chi connectivity index (χ0n) is 13.3. The fraction of sp³-hybridized carbons (Fsp3) is 0.579. The Morgan fingerprint density at radius 3 is 2.86 bits per heavy atom. The van der Waals surface area contributed by atoms with Gasteiger partial charge >= 0.3 is 0 Å². The summed E-state index contributed by atoms with van der Waals surface area (Å²) in [6, 6.07) is 9.99. The third-order valence-electron chi connectivity index (χ3n) is 5.07. The molecule has 2 aliphatic rings. The molecule has 3 rings (SSSR count). The van der Waals surface area contributed by atoms with E-state index in [4.69, 9.17) is 4.74 Å². The van der Waals surface area contributed by atoms with Crippen LogP contribution in [-0.4, -0.2) is 38.3 Å². The van der Waals surface area contributed by atoms with Crippen LogP contribution in [0.5, 0.6) is 0 Å². The van der Waals surface area contributed by atoms with Gasteiger partial charge in [-0.2, -0.15) is 0 Å². The molecule has 0 amide bonds. The topological polar surface area (TPSA) is 12.5 Å².